The van der Waals surface area contributed by atoms with Gasteiger partial charge in [-0.25, -0.2) is 0 Å². The number of hydrogen-bond donors (Lipinski definition) is 3. The predicted molar refractivity (Wildman–Crippen MR) is 169 cm³/mol. The minimum absolute atomic E-state index is 0.127. The van der Waals surface area contributed by atoms with Crippen LogP contribution < -0.4 is 10.6 Å². The van der Waals surface area contributed by atoms with Gasteiger partial charge >= 0.3 is 5.97 Å². The van der Waals surface area contributed by atoms with Crippen LogP contribution in [0.15, 0.2) is 0 Å². The van der Waals surface area contributed by atoms with Gasteiger partial charge in [0.1, 0.15) is 12.6 Å². The molecule has 0 aromatic carbocycles. The molecule has 0 aliphatic rings. The smallest absolute Gasteiger partial charge is 0.305 e. The molecule has 0 heterocycles. The number of rotatable bonds is 29. The van der Waals surface area contributed by atoms with E-state index in [2.05, 4.69) is 24.5 Å². The Morgan fingerprint density at radius 3 is 1.68 bits per heavy atom. The monoisotopic (exact) mass is 586 g/mol. The highest BCUT2D eigenvalue weighted by Crippen LogP contribution is 2.13. The summed E-state index contributed by atoms with van der Waals surface area (Å²) in [5.74, 6) is 0.371. The topological polar surface area (TPSA) is 105 Å². The lowest BCUT2D eigenvalue weighted by molar-refractivity contribution is -0.143. The summed E-state index contributed by atoms with van der Waals surface area (Å²) in [6.07, 6.45) is 22.7. The summed E-state index contributed by atoms with van der Waals surface area (Å²) >= 11 is 1.48. The van der Waals surface area contributed by atoms with Gasteiger partial charge in [0.15, 0.2) is 0 Å². The number of nitrogens with one attached hydrogen (secondary N) is 2. The highest BCUT2D eigenvalue weighted by Gasteiger charge is 2.22. The number of aliphatic hydroxyl groups excluding tert-OH is 1. The van der Waals surface area contributed by atoms with Crippen LogP contribution in [0.4, 0.5) is 0 Å². The summed E-state index contributed by atoms with van der Waals surface area (Å²) < 4.78 is 5.36. The Hall–Kier alpha value is -1.28. The van der Waals surface area contributed by atoms with Crippen LogP contribution in [0.3, 0.4) is 0 Å². The quantitative estimate of drug-likeness (QED) is 0.0639. The van der Waals surface area contributed by atoms with Crippen LogP contribution in [0.1, 0.15) is 149 Å². The summed E-state index contributed by atoms with van der Waals surface area (Å²) in [7, 11) is 0. The van der Waals surface area contributed by atoms with Crippen molar-refractivity contribution in [1.82, 2.24) is 10.6 Å². The molecule has 40 heavy (non-hydrogen) atoms. The third-order valence-electron chi connectivity index (χ3n) is 7.08. The normalized spacial score (nSPS) is 12.6. The fraction of sp³-hybridized carbons (Fsp3) is 0.906. The van der Waals surface area contributed by atoms with E-state index in [9.17, 15) is 19.5 Å². The SMILES string of the molecule is CCCCCCCCCCCCCCCC(=O)OCCSCC(NC(=O)CCCCCCC)C(=O)NC(C)CO. The summed E-state index contributed by atoms with van der Waals surface area (Å²) in [6.45, 7) is 6.27. The largest absolute Gasteiger partial charge is 0.465 e. The van der Waals surface area contributed by atoms with E-state index in [0.29, 0.717) is 31.0 Å². The van der Waals surface area contributed by atoms with Crippen LogP contribution in [0.25, 0.3) is 0 Å². The van der Waals surface area contributed by atoms with Gasteiger partial charge < -0.3 is 20.5 Å². The molecular formula is C32H62N2O5S. The average molecular weight is 587 g/mol. The van der Waals surface area contributed by atoms with Crippen LogP contribution in [0.5, 0.6) is 0 Å². The molecule has 8 heteroatoms. The van der Waals surface area contributed by atoms with Crippen molar-refractivity contribution in [3.63, 3.8) is 0 Å². The first-order valence-corrected chi connectivity index (χ1v) is 17.5. The molecule has 0 bridgehead atoms. The maximum Gasteiger partial charge on any atom is 0.305 e. The van der Waals surface area contributed by atoms with Crippen molar-refractivity contribution in [2.75, 3.05) is 24.7 Å². The van der Waals surface area contributed by atoms with E-state index in [0.717, 1.165) is 38.5 Å². The molecule has 0 saturated heterocycles. The third kappa shape index (κ3) is 25.7. The van der Waals surface area contributed by atoms with Gasteiger partial charge in [-0.15, -0.1) is 0 Å². The van der Waals surface area contributed by atoms with Crippen LogP contribution in [0.2, 0.25) is 0 Å². The molecule has 0 saturated carbocycles. The Kier molecular flexibility index (Phi) is 28.3. The Morgan fingerprint density at radius 2 is 1.18 bits per heavy atom. The molecule has 0 aliphatic carbocycles. The van der Waals surface area contributed by atoms with Gasteiger partial charge in [0, 0.05) is 30.4 Å². The minimum Gasteiger partial charge on any atom is -0.465 e. The fourth-order valence-electron chi connectivity index (χ4n) is 4.50. The second-order valence-electron chi connectivity index (χ2n) is 11.2. The molecule has 0 spiro atoms. The molecule has 236 valence electrons. The molecule has 7 nitrogen and oxygen atoms in total. The highest BCUT2D eigenvalue weighted by molar-refractivity contribution is 7.99. The summed E-state index contributed by atoms with van der Waals surface area (Å²) in [5.41, 5.74) is 0. The molecule has 2 amide bonds. The first-order chi connectivity index (χ1) is 19.4. The lowest BCUT2D eigenvalue weighted by Crippen LogP contribution is -2.51. The Labute approximate surface area is 250 Å². The number of unbranched alkanes of at least 4 members (excludes halogenated alkanes) is 16. The van der Waals surface area contributed by atoms with Gasteiger partial charge in [-0.05, 0) is 19.8 Å². The molecule has 2 unspecified atom stereocenters. The van der Waals surface area contributed by atoms with Crippen molar-refractivity contribution in [3.05, 3.63) is 0 Å². The number of carbonyl (C=O) groups is 3. The van der Waals surface area contributed by atoms with E-state index < -0.39 is 6.04 Å². The van der Waals surface area contributed by atoms with E-state index in [4.69, 9.17) is 4.74 Å². The van der Waals surface area contributed by atoms with Gasteiger partial charge in [0.2, 0.25) is 11.8 Å². The van der Waals surface area contributed by atoms with Gasteiger partial charge in [-0.2, -0.15) is 11.8 Å². The van der Waals surface area contributed by atoms with Gasteiger partial charge in [-0.1, -0.05) is 117 Å². The van der Waals surface area contributed by atoms with E-state index in [1.807, 2.05) is 0 Å². The first kappa shape index (κ1) is 38.7. The number of hydrogen-bond acceptors (Lipinski definition) is 6. The van der Waals surface area contributed by atoms with Gasteiger partial charge in [-0.3, -0.25) is 14.4 Å². The molecule has 0 aliphatic heterocycles. The van der Waals surface area contributed by atoms with Gasteiger partial charge in [0.25, 0.3) is 0 Å². The zero-order chi connectivity index (χ0) is 29.7. The molecule has 0 fully saturated rings. The zero-order valence-electron chi connectivity index (χ0n) is 26.1. The zero-order valence-corrected chi connectivity index (χ0v) is 26.9. The van der Waals surface area contributed by atoms with Crippen molar-refractivity contribution in [2.24, 2.45) is 0 Å². The van der Waals surface area contributed by atoms with E-state index in [-0.39, 0.29) is 30.4 Å². The number of thioether (sulfide) groups is 1. The molecule has 0 radical (unpaired) electrons. The Balaban J connectivity index is 3.95. The molecule has 0 rings (SSSR count). The fourth-order valence-corrected chi connectivity index (χ4v) is 5.34. The van der Waals surface area contributed by atoms with Gasteiger partial charge in [0.05, 0.1) is 6.61 Å². The average Bonchev–Trinajstić information content (AvgIpc) is 2.94. The summed E-state index contributed by atoms with van der Waals surface area (Å²) in [5, 5.41) is 14.8. The summed E-state index contributed by atoms with van der Waals surface area (Å²) in [4.78, 5) is 37.0. The third-order valence-corrected chi connectivity index (χ3v) is 8.11. The number of esters is 1. The van der Waals surface area contributed by atoms with Crippen LogP contribution in [-0.2, 0) is 19.1 Å². The molecule has 0 aromatic rings. The van der Waals surface area contributed by atoms with Crippen molar-refractivity contribution in [3.8, 4) is 0 Å². The maximum atomic E-state index is 12.6. The molecule has 3 N–H and O–H groups in total. The Bertz CT molecular complexity index is 620. The van der Waals surface area contributed by atoms with Crippen LogP contribution in [-0.4, -0.2) is 59.7 Å². The van der Waals surface area contributed by atoms with Crippen molar-refractivity contribution >= 4 is 29.5 Å². The second kappa shape index (κ2) is 29.2. The van der Waals surface area contributed by atoms with E-state index in [1.54, 1.807) is 6.92 Å². The number of aliphatic hydroxyl groups is 1. The number of amides is 2. The minimum atomic E-state index is -0.677. The highest BCUT2D eigenvalue weighted by atomic mass is 32.2. The predicted octanol–water partition coefficient (Wildman–Crippen LogP) is 7.09. The van der Waals surface area contributed by atoms with E-state index >= 15 is 0 Å². The molecular weight excluding hydrogens is 524 g/mol. The standard InChI is InChI=1S/C32H62N2O5S/c1-4-6-8-10-11-12-13-14-15-16-17-19-21-23-31(37)39-24-25-40-27-29(32(38)33-28(3)26-35)34-30(36)22-20-18-9-7-5-2/h28-29,35H,4-27H2,1-3H3,(H,33,38)(H,34,36). The first-order valence-electron chi connectivity index (χ1n) is 16.4. The van der Waals surface area contributed by atoms with Crippen LogP contribution >= 0.6 is 11.8 Å². The van der Waals surface area contributed by atoms with Crippen molar-refractivity contribution in [1.29, 1.82) is 0 Å². The lowest BCUT2D eigenvalue weighted by Gasteiger charge is -2.20. The number of carbonyl (C=O) groups excluding carboxylic acids is 3. The van der Waals surface area contributed by atoms with Crippen LogP contribution in [0, 0.1) is 0 Å². The maximum absolute atomic E-state index is 12.6. The number of ether oxygens (including phenoxy) is 1. The molecule has 0 aromatic heterocycles. The van der Waals surface area contributed by atoms with Crippen molar-refractivity contribution in [2.45, 2.75) is 161 Å². The van der Waals surface area contributed by atoms with Crippen molar-refractivity contribution < 1.29 is 24.2 Å². The van der Waals surface area contributed by atoms with E-state index in [1.165, 1.54) is 88.8 Å². The second-order valence-corrected chi connectivity index (χ2v) is 12.3. The lowest BCUT2D eigenvalue weighted by atomic mass is 10.0. The Morgan fingerprint density at radius 1 is 0.700 bits per heavy atom. The molecule has 2 atom stereocenters. The summed E-state index contributed by atoms with van der Waals surface area (Å²) in [6, 6.07) is -1.05.